The van der Waals surface area contributed by atoms with Crippen molar-refractivity contribution in [3.8, 4) is 0 Å². The first-order chi connectivity index (χ1) is 7.77. The molecular weight excluding hydrogens is 220 g/mol. The Kier molecular flexibility index (Phi) is 3.96. The molecule has 1 aromatic heterocycles. The lowest BCUT2D eigenvalue weighted by Gasteiger charge is -2.11. The van der Waals surface area contributed by atoms with Gasteiger partial charge in [-0.25, -0.2) is 0 Å². The summed E-state index contributed by atoms with van der Waals surface area (Å²) >= 11 is 4.99. The smallest absolute Gasteiger partial charge is 0.120 e. The second kappa shape index (κ2) is 5.46. The van der Waals surface area contributed by atoms with E-state index in [0.29, 0.717) is 11.1 Å². The van der Waals surface area contributed by atoms with E-state index in [4.69, 9.17) is 22.7 Å². The van der Waals surface area contributed by atoms with Crippen molar-refractivity contribution >= 4 is 17.2 Å². The Hall–Kier alpha value is -0.870. The number of aryl methyl sites for hydroxylation is 1. The van der Waals surface area contributed by atoms with E-state index in [0.717, 1.165) is 31.7 Å². The summed E-state index contributed by atoms with van der Waals surface area (Å²) in [7, 11) is 0. The molecule has 2 heterocycles. The molecule has 0 saturated carbocycles. The van der Waals surface area contributed by atoms with Crippen LogP contribution in [0.15, 0.2) is 18.3 Å². The second-order valence-corrected chi connectivity index (χ2v) is 4.67. The number of ether oxygens (including phenoxy) is 1. The average Bonchev–Trinajstić information content (AvgIpc) is 2.87. The zero-order chi connectivity index (χ0) is 11.4. The summed E-state index contributed by atoms with van der Waals surface area (Å²) in [6.07, 6.45) is 7.19. The highest BCUT2D eigenvalue weighted by molar-refractivity contribution is 7.80. The lowest BCUT2D eigenvalue weighted by Crippen LogP contribution is -2.16. The number of thiocarbonyl (C=S) groups is 1. The molecule has 3 nitrogen and oxygen atoms in total. The number of hydrogen-bond donors (Lipinski definition) is 1. The standard InChI is InChI=1S/C12H18N2OS/c13-12(16)11-6-2-8-14(11)7-1-4-10-5-3-9-15-10/h2,6,8,10H,1,3-5,7,9H2,(H2,13,16). The Balaban J connectivity index is 1.80. The van der Waals surface area contributed by atoms with Crippen molar-refractivity contribution in [3.05, 3.63) is 24.0 Å². The van der Waals surface area contributed by atoms with Crippen LogP contribution in [0.4, 0.5) is 0 Å². The minimum Gasteiger partial charge on any atom is -0.388 e. The summed E-state index contributed by atoms with van der Waals surface area (Å²) in [5, 5.41) is 0. The summed E-state index contributed by atoms with van der Waals surface area (Å²) in [5.74, 6) is 0. The third kappa shape index (κ3) is 2.83. The Bertz CT molecular complexity index is 356. The van der Waals surface area contributed by atoms with Gasteiger partial charge in [0.2, 0.25) is 0 Å². The fourth-order valence-electron chi connectivity index (χ4n) is 2.19. The minimum atomic E-state index is 0.474. The van der Waals surface area contributed by atoms with Gasteiger partial charge in [-0.2, -0.15) is 0 Å². The Morgan fingerprint density at radius 1 is 1.62 bits per heavy atom. The molecule has 1 saturated heterocycles. The van der Waals surface area contributed by atoms with Crippen LogP contribution >= 0.6 is 12.2 Å². The molecule has 88 valence electrons. The molecule has 16 heavy (non-hydrogen) atoms. The van der Waals surface area contributed by atoms with Gasteiger partial charge in [-0.05, 0) is 37.8 Å². The summed E-state index contributed by atoms with van der Waals surface area (Å²) in [6.45, 7) is 1.91. The first-order valence-corrected chi connectivity index (χ1v) is 6.25. The molecule has 2 rings (SSSR count). The number of nitrogens with two attached hydrogens (primary N) is 1. The molecule has 1 aliphatic rings. The van der Waals surface area contributed by atoms with E-state index in [2.05, 4.69) is 4.57 Å². The van der Waals surface area contributed by atoms with Gasteiger partial charge in [0.25, 0.3) is 0 Å². The predicted octanol–water partition coefficient (Wildman–Crippen LogP) is 2.08. The minimum absolute atomic E-state index is 0.474. The maximum absolute atomic E-state index is 5.64. The van der Waals surface area contributed by atoms with Gasteiger partial charge < -0.3 is 15.0 Å². The molecule has 1 aromatic rings. The predicted molar refractivity (Wildman–Crippen MR) is 68.5 cm³/mol. The Labute approximate surface area is 102 Å². The van der Waals surface area contributed by atoms with Crippen LogP contribution in [0.2, 0.25) is 0 Å². The van der Waals surface area contributed by atoms with Crippen LogP contribution in [-0.4, -0.2) is 22.3 Å². The van der Waals surface area contributed by atoms with E-state index in [1.807, 2.05) is 18.3 Å². The number of aromatic nitrogens is 1. The van der Waals surface area contributed by atoms with Gasteiger partial charge in [0, 0.05) is 19.3 Å². The number of rotatable bonds is 5. The summed E-state index contributed by atoms with van der Waals surface area (Å²) in [4.78, 5) is 0.474. The van der Waals surface area contributed by atoms with Crippen LogP contribution in [0, 0.1) is 0 Å². The van der Waals surface area contributed by atoms with E-state index in [9.17, 15) is 0 Å². The molecule has 0 aromatic carbocycles. The van der Waals surface area contributed by atoms with Gasteiger partial charge in [-0.15, -0.1) is 0 Å². The first-order valence-electron chi connectivity index (χ1n) is 5.84. The van der Waals surface area contributed by atoms with Crippen molar-refractivity contribution in [1.29, 1.82) is 0 Å². The molecule has 2 N–H and O–H groups in total. The van der Waals surface area contributed by atoms with Crippen LogP contribution in [0.5, 0.6) is 0 Å². The van der Waals surface area contributed by atoms with E-state index in [1.165, 1.54) is 12.8 Å². The van der Waals surface area contributed by atoms with E-state index >= 15 is 0 Å². The zero-order valence-electron chi connectivity index (χ0n) is 9.39. The molecular formula is C12H18N2OS. The molecule has 0 bridgehead atoms. The normalized spacial score (nSPS) is 20.1. The molecule has 0 spiro atoms. The quantitative estimate of drug-likeness (QED) is 0.798. The van der Waals surface area contributed by atoms with Crippen LogP contribution < -0.4 is 5.73 Å². The highest BCUT2D eigenvalue weighted by atomic mass is 32.1. The monoisotopic (exact) mass is 238 g/mol. The van der Waals surface area contributed by atoms with Crippen LogP contribution in [0.25, 0.3) is 0 Å². The second-order valence-electron chi connectivity index (χ2n) is 4.23. The SMILES string of the molecule is NC(=S)c1cccn1CCCC1CCCO1. The fourth-order valence-corrected chi connectivity index (χ4v) is 2.38. The van der Waals surface area contributed by atoms with Crippen molar-refractivity contribution in [1.82, 2.24) is 4.57 Å². The van der Waals surface area contributed by atoms with Crippen molar-refractivity contribution in [3.63, 3.8) is 0 Å². The van der Waals surface area contributed by atoms with Crippen LogP contribution in [0.3, 0.4) is 0 Å². The molecule has 0 radical (unpaired) electrons. The van der Waals surface area contributed by atoms with Crippen LogP contribution in [0.1, 0.15) is 31.4 Å². The van der Waals surface area contributed by atoms with Crippen molar-refractivity contribution < 1.29 is 4.74 Å². The van der Waals surface area contributed by atoms with Gasteiger partial charge in [0.05, 0.1) is 11.8 Å². The summed E-state index contributed by atoms with van der Waals surface area (Å²) in [6, 6.07) is 3.95. The van der Waals surface area contributed by atoms with E-state index in [1.54, 1.807) is 0 Å². The Morgan fingerprint density at radius 2 is 2.50 bits per heavy atom. The largest absolute Gasteiger partial charge is 0.388 e. The highest BCUT2D eigenvalue weighted by Gasteiger charge is 2.14. The number of hydrogen-bond acceptors (Lipinski definition) is 2. The number of nitrogens with zero attached hydrogens (tertiary/aromatic N) is 1. The zero-order valence-corrected chi connectivity index (χ0v) is 10.2. The van der Waals surface area contributed by atoms with Gasteiger partial charge in [-0.1, -0.05) is 12.2 Å². The molecule has 0 amide bonds. The van der Waals surface area contributed by atoms with Gasteiger partial charge in [0.15, 0.2) is 0 Å². The van der Waals surface area contributed by atoms with Crippen LogP contribution in [-0.2, 0) is 11.3 Å². The molecule has 1 atom stereocenters. The van der Waals surface area contributed by atoms with E-state index in [-0.39, 0.29) is 0 Å². The molecule has 1 unspecified atom stereocenters. The van der Waals surface area contributed by atoms with Crippen molar-refractivity contribution in [2.75, 3.05) is 6.61 Å². The van der Waals surface area contributed by atoms with Crippen molar-refractivity contribution in [2.24, 2.45) is 5.73 Å². The summed E-state index contributed by atoms with van der Waals surface area (Å²) < 4.78 is 7.71. The van der Waals surface area contributed by atoms with E-state index < -0.39 is 0 Å². The van der Waals surface area contributed by atoms with Gasteiger partial charge in [0.1, 0.15) is 4.99 Å². The van der Waals surface area contributed by atoms with Gasteiger partial charge >= 0.3 is 0 Å². The maximum atomic E-state index is 5.64. The van der Waals surface area contributed by atoms with Gasteiger partial charge in [-0.3, -0.25) is 0 Å². The maximum Gasteiger partial charge on any atom is 0.120 e. The third-order valence-corrected chi connectivity index (χ3v) is 3.24. The third-order valence-electron chi connectivity index (χ3n) is 3.03. The lowest BCUT2D eigenvalue weighted by atomic mass is 10.1. The fraction of sp³-hybridized carbons (Fsp3) is 0.583. The molecule has 4 heteroatoms. The topological polar surface area (TPSA) is 40.2 Å². The summed E-state index contributed by atoms with van der Waals surface area (Å²) in [5.41, 5.74) is 6.60. The van der Waals surface area contributed by atoms with Crippen molar-refractivity contribution in [2.45, 2.75) is 38.3 Å². The molecule has 1 fully saturated rings. The lowest BCUT2D eigenvalue weighted by molar-refractivity contribution is 0.101. The molecule has 0 aliphatic carbocycles. The molecule has 1 aliphatic heterocycles. The first kappa shape index (κ1) is 11.6. The average molecular weight is 238 g/mol. The Morgan fingerprint density at radius 3 is 3.19 bits per heavy atom. The highest BCUT2D eigenvalue weighted by Crippen LogP contribution is 2.17.